The van der Waals surface area contributed by atoms with Gasteiger partial charge < -0.3 is 30.1 Å². The molecule has 0 spiro atoms. The number of hydrazone groups is 1. The molecule has 0 bridgehead atoms. The molecule has 0 aromatic heterocycles. The molecule has 3 amide bonds. The number of rotatable bonds is 11. The van der Waals surface area contributed by atoms with Crippen LogP contribution in [0, 0.1) is 0 Å². The standard InChI is InChI=1S/C25H27ClN4O9S/c1-13-10-18(32)30(13)21(24(36)37)25(2,40(38)39)12-27-29-23(35)16(11-14-6-4-3-5-7-14)28-22(34)15-8-9-17(31)20(33)19(15)26/h3-9,12-13,16,21,31,33H,10-11H2,1-2H3,(H,28,34)(H,29,35)(H,36,37)(H,38,39)/b27-12+/t13-,16+,21+,25+/m1/s1. The molecule has 0 aliphatic carbocycles. The lowest BCUT2D eigenvalue weighted by Gasteiger charge is -2.46. The van der Waals surface area contributed by atoms with Crippen molar-refractivity contribution in [2.45, 2.75) is 49.6 Å². The normalized spacial score (nSPS) is 18.8. The van der Waals surface area contributed by atoms with Gasteiger partial charge >= 0.3 is 5.97 Å². The van der Waals surface area contributed by atoms with Crippen LogP contribution in [-0.4, -0.2) is 81.8 Å². The van der Waals surface area contributed by atoms with Crippen molar-refractivity contribution in [3.63, 3.8) is 0 Å². The lowest BCUT2D eigenvalue weighted by atomic mass is 9.92. The second kappa shape index (κ2) is 12.4. The highest BCUT2D eigenvalue weighted by molar-refractivity contribution is 7.81. The second-order valence-electron chi connectivity index (χ2n) is 9.27. The van der Waals surface area contributed by atoms with Gasteiger partial charge in [-0.2, -0.15) is 5.10 Å². The number of benzene rings is 2. The minimum Gasteiger partial charge on any atom is -0.504 e. The summed E-state index contributed by atoms with van der Waals surface area (Å²) in [5, 5.41) is 35.0. The van der Waals surface area contributed by atoms with Gasteiger partial charge in [-0.3, -0.25) is 14.4 Å². The fraction of sp³-hybridized carbons (Fsp3) is 0.320. The maximum Gasteiger partial charge on any atom is 0.328 e. The number of carbonyl (C=O) groups excluding carboxylic acids is 3. The fourth-order valence-electron chi connectivity index (χ4n) is 4.17. The van der Waals surface area contributed by atoms with Crippen molar-refractivity contribution in [2.24, 2.45) is 5.10 Å². The number of aromatic hydroxyl groups is 2. The predicted octanol–water partition coefficient (Wildman–Crippen LogP) is 1.25. The SMILES string of the molecule is C[C@@H]1CC(=O)N1[C@@H](C(=O)O)[C@](C)(/C=N/NC(=O)[C@H](Cc1ccccc1)NC(=O)c1ccc(O)c(O)c1Cl)S(=O)O. The van der Waals surface area contributed by atoms with E-state index < -0.39 is 74.2 Å². The number of phenolic OH excluding ortho intramolecular Hbond substituents is 2. The number of carboxylic acids is 1. The summed E-state index contributed by atoms with van der Waals surface area (Å²) in [5.74, 6) is -5.06. The van der Waals surface area contributed by atoms with E-state index in [0.717, 1.165) is 30.2 Å². The Morgan fingerprint density at radius 2 is 1.88 bits per heavy atom. The number of likely N-dealkylation sites (tertiary alicyclic amines) is 1. The number of halogens is 1. The van der Waals surface area contributed by atoms with Gasteiger partial charge in [0.25, 0.3) is 11.8 Å². The van der Waals surface area contributed by atoms with Gasteiger partial charge in [0.1, 0.15) is 10.8 Å². The summed E-state index contributed by atoms with van der Waals surface area (Å²) in [4.78, 5) is 51.1. The number of hydrogen-bond acceptors (Lipinski definition) is 8. The Bertz CT molecular complexity index is 1370. The molecule has 1 aliphatic heterocycles. The molecule has 1 aliphatic rings. The van der Waals surface area contributed by atoms with Crippen molar-refractivity contribution in [2.75, 3.05) is 0 Å². The summed E-state index contributed by atoms with van der Waals surface area (Å²) in [6.45, 7) is 2.70. The molecular formula is C25H27ClN4O9S. The molecule has 13 nitrogen and oxygen atoms in total. The topological polar surface area (TPSA) is 206 Å². The number of nitrogens with one attached hydrogen (secondary N) is 2. The van der Waals surface area contributed by atoms with Crippen LogP contribution in [-0.2, 0) is 31.9 Å². The molecule has 5 atom stereocenters. The molecular weight excluding hydrogens is 568 g/mol. The molecule has 1 heterocycles. The molecule has 40 heavy (non-hydrogen) atoms. The van der Waals surface area contributed by atoms with Crippen LogP contribution >= 0.6 is 11.6 Å². The highest BCUT2D eigenvalue weighted by Crippen LogP contribution is 2.35. The number of carboxylic acid groups (broad SMARTS) is 1. The molecule has 3 rings (SSSR count). The molecule has 2 aromatic carbocycles. The van der Waals surface area contributed by atoms with Gasteiger partial charge in [-0.25, -0.2) is 14.4 Å². The Balaban J connectivity index is 1.86. The van der Waals surface area contributed by atoms with Crippen LogP contribution in [0.4, 0.5) is 0 Å². The zero-order chi connectivity index (χ0) is 29.8. The molecule has 1 unspecified atom stereocenters. The maximum absolute atomic E-state index is 13.1. The Kier molecular flexibility index (Phi) is 9.50. The van der Waals surface area contributed by atoms with E-state index in [9.17, 15) is 43.3 Å². The van der Waals surface area contributed by atoms with Crippen LogP contribution in [0.3, 0.4) is 0 Å². The summed E-state index contributed by atoms with van der Waals surface area (Å²) in [7, 11) is 0. The summed E-state index contributed by atoms with van der Waals surface area (Å²) < 4.78 is 20.1. The lowest BCUT2D eigenvalue weighted by Crippen LogP contribution is -2.67. The number of aliphatic carboxylic acids is 1. The van der Waals surface area contributed by atoms with Gasteiger partial charge in [-0.15, -0.1) is 0 Å². The van der Waals surface area contributed by atoms with Crippen molar-refractivity contribution in [3.05, 3.63) is 58.6 Å². The first-order valence-corrected chi connectivity index (χ1v) is 13.3. The molecule has 1 fully saturated rings. The van der Waals surface area contributed by atoms with Crippen LogP contribution in [0.15, 0.2) is 47.6 Å². The predicted molar refractivity (Wildman–Crippen MR) is 144 cm³/mol. The van der Waals surface area contributed by atoms with Gasteiger partial charge in [-0.05, 0) is 31.5 Å². The Labute approximate surface area is 236 Å². The highest BCUT2D eigenvalue weighted by atomic mass is 35.5. The van der Waals surface area contributed by atoms with Gasteiger partial charge in [0.2, 0.25) is 5.91 Å². The summed E-state index contributed by atoms with van der Waals surface area (Å²) >= 11 is 3.14. The minimum absolute atomic E-state index is 0.0314. The monoisotopic (exact) mass is 594 g/mol. The second-order valence-corrected chi connectivity index (χ2v) is 11.0. The largest absolute Gasteiger partial charge is 0.504 e. The van der Waals surface area contributed by atoms with E-state index in [1.165, 1.54) is 0 Å². The average molecular weight is 595 g/mol. The lowest BCUT2D eigenvalue weighted by molar-refractivity contribution is -0.161. The van der Waals surface area contributed by atoms with E-state index in [4.69, 9.17) is 11.6 Å². The van der Waals surface area contributed by atoms with Crippen molar-refractivity contribution >= 4 is 52.6 Å². The van der Waals surface area contributed by atoms with E-state index in [1.54, 1.807) is 37.3 Å². The average Bonchev–Trinajstić information content (AvgIpc) is 2.90. The van der Waals surface area contributed by atoms with E-state index in [2.05, 4.69) is 15.8 Å². The Hall–Kier alpha value is -4.01. The molecule has 15 heteroatoms. The van der Waals surface area contributed by atoms with Crippen LogP contribution in [0.2, 0.25) is 5.02 Å². The number of nitrogens with zero attached hydrogens (tertiary/aromatic N) is 2. The first-order valence-electron chi connectivity index (χ1n) is 11.8. The summed E-state index contributed by atoms with van der Waals surface area (Å²) in [5.41, 5.74) is 2.56. The number of hydrogen-bond donors (Lipinski definition) is 6. The third kappa shape index (κ3) is 6.41. The van der Waals surface area contributed by atoms with Crippen LogP contribution in [0.5, 0.6) is 11.5 Å². The Morgan fingerprint density at radius 3 is 2.42 bits per heavy atom. The van der Waals surface area contributed by atoms with Crippen LogP contribution < -0.4 is 10.7 Å². The van der Waals surface area contributed by atoms with E-state index in [1.807, 2.05) is 0 Å². The molecule has 214 valence electrons. The highest BCUT2D eigenvalue weighted by Gasteiger charge is 2.53. The zero-order valence-electron chi connectivity index (χ0n) is 21.3. The number of phenols is 2. The quantitative estimate of drug-likeness (QED) is 0.0726. The molecule has 0 radical (unpaired) electrons. The molecule has 6 N–H and O–H groups in total. The van der Waals surface area contributed by atoms with Crippen molar-refractivity contribution in [1.82, 2.24) is 15.6 Å². The number of β-lactam (4-membered cyclic amide) rings is 1. The molecule has 0 saturated carbocycles. The van der Waals surface area contributed by atoms with Gasteiger partial charge in [-0.1, -0.05) is 41.9 Å². The van der Waals surface area contributed by atoms with Crippen LogP contribution in [0.25, 0.3) is 0 Å². The Morgan fingerprint density at radius 1 is 1.23 bits per heavy atom. The molecule has 2 aromatic rings. The first kappa shape index (κ1) is 30.5. The van der Waals surface area contributed by atoms with Gasteiger partial charge in [0.15, 0.2) is 28.6 Å². The maximum atomic E-state index is 13.1. The summed E-state index contributed by atoms with van der Waals surface area (Å²) in [6.07, 6.45) is 0.820. The van der Waals surface area contributed by atoms with E-state index in [0.29, 0.717) is 5.56 Å². The first-order chi connectivity index (χ1) is 18.8. The number of amides is 3. The van der Waals surface area contributed by atoms with Gasteiger partial charge in [0, 0.05) is 25.1 Å². The molecule has 1 saturated heterocycles. The van der Waals surface area contributed by atoms with E-state index in [-0.39, 0.29) is 18.4 Å². The fourth-order valence-corrected chi connectivity index (χ4v) is 4.96. The smallest absolute Gasteiger partial charge is 0.328 e. The number of carbonyl (C=O) groups is 4. The minimum atomic E-state index is -2.84. The zero-order valence-corrected chi connectivity index (χ0v) is 22.8. The van der Waals surface area contributed by atoms with Crippen molar-refractivity contribution in [1.29, 1.82) is 0 Å². The third-order valence-electron chi connectivity index (χ3n) is 6.40. The third-order valence-corrected chi connectivity index (χ3v) is 7.87. The van der Waals surface area contributed by atoms with Crippen molar-refractivity contribution < 1.29 is 43.3 Å². The van der Waals surface area contributed by atoms with E-state index >= 15 is 0 Å². The van der Waals surface area contributed by atoms with Crippen LogP contribution in [0.1, 0.15) is 36.2 Å². The van der Waals surface area contributed by atoms with Gasteiger partial charge in [0.05, 0.1) is 10.6 Å². The van der Waals surface area contributed by atoms with Crippen molar-refractivity contribution in [3.8, 4) is 11.5 Å². The summed E-state index contributed by atoms with van der Waals surface area (Å²) in [6, 6.07) is 7.25.